The molecule has 0 atom stereocenters. The molecule has 1 heterocycles. The van der Waals surface area contributed by atoms with Crippen molar-refractivity contribution in [3.63, 3.8) is 0 Å². The third-order valence-electron chi connectivity index (χ3n) is 1.99. The number of hydrogen-bond donors (Lipinski definition) is 2. The number of carbonyl (C=O) groups is 2. The van der Waals surface area contributed by atoms with E-state index in [1.165, 1.54) is 18.2 Å². The molecule has 17 heavy (non-hydrogen) atoms. The van der Waals surface area contributed by atoms with E-state index >= 15 is 0 Å². The average Bonchev–Trinajstić information content (AvgIpc) is 2.53. The first-order valence-corrected chi connectivity index (χ1v) is 6.39. The minimum absolute atomic E-state index is 0.0327. The summed E-state index contributed by atoms with van der Waals surface area (Å²) in [6.07, 6.45) is 1.41. The van der Waals surface area contributed by atoms with Gasteiger partial charge in [-0.05, 0) is 45.9 Å². The van der Waals surface area contributed by atoms with Crippen LogP contribution < -0.4 is 5.32 Å². The molecule has 2 rings (SSSR count). The van der Waals surface area contributed by atoms with Gasteiger partial charge in [0.05, 0.1) is 9.38 Å². The lowest BCUT2D eigenvalue weighted by Crippen LogP contribution is -2.17. The van der Waals surface area contributed by atoms with Crippen molar-refractivity contribution < 1.29 is 14.7 Å². The maximum absolute atomic E-state index is 11.3. The molecule has 0 unspecified atom stereocenters. The highest BCUT2D eigenvalue weighted by Gasteiger charge is 2.25. The van der Waals surface area contributed by atoms with Crippen LogP contribution in [0.2, 0.25) is 5.02 Å². The maximum atomic E-state index is 11.3. The first kappa shape index (κ1) is 12.5. The van der Waals surface area contributed by atoms with E-state index < -0.39 is 11.1 Å². The molecule has 0 aliphatic carbocycles. The van der Waals surface area contributed by atoms with Gasteiger partial charge in [-0.15, -0.1) is 0 Å². The van der Waals surface area contributed by atoms with Gasteiger partial charge in [0.25, 0.3) is 11.1 Å². The first-order valence-electron chi connectivity index (χ1n) is 4.40. The lowest BCUT2D eigenvalue weighted by Gasteiger charge is -2.03. The molecule has 0 bridgehead atoms. The number of phenols is 1. The molecule has 0 spiro atoms. The van der Waals surface area contributed by atoms with E-state index in [2.05, 4.69) is 21.2 Å². The number of carbonyl (C=O) groups excluding carboxylic acids is 2. The quantitative estimate of drug-likeness (QED) is 0.774. The highest BCUT2D eigenvalue weighted by Crippen LogP contribution is 2.35. The fourth-order valence-corrected chi connectivity index (χ4v) is 2.77. The Morgan fingerprint density at radius 2 is 2.12 bits per heavy atom. The number of nitrogens with one attached hydrogen (secondary N) is 1. The van der Waals surface area contributed by atoms with Gasteiger partial charge in [-0.1, -0.05) is 11.6 Å². The molecule has 0 radical (unpaired) electrons. The zero-order valence-electron chi connectivity index (χ0n) is 8.16. The molecule has 1 saturated heterocycles. The van der Waals surface area contributed by atoms with Crippen LogP contribution in [0, 0.1) is 0 Å². The Hall–Kier alpha value is -0.980. The number of benzene rings is 1. The van der Waals surface area contributed by atoms with Crippen LogP contribution in [0.25, 0.3) is 6.08 Å². The van der Waals surface area contributed by atoms with Crippen LogP contribution >= 0.6 is 39.3 Å². The molecule has 88 valence electrons. The number of amides is 2. The number of halogens is 2. The molecule has 0 saturated carbocycles. The first-order chi connectivity index (χ1) is 7.97. The van der Waals surface area contributed by atoms with Gasteiger partial charge in [-0.2, -0.15) is 0 Å². The molecule has 1 aromatic carbocycles. The smallest absolute Gasteiger partial charge is 0.290 e. The van der Waals surface area contributed by atoms with E-state index in [0.717, 1.165) is 11.8 Å². The average molecular weight is 335 g/mol. The summed E-state index contributed by atoms with van der Waals surface area (Å²) in [5.74, 6) is -0.509. The fraction of sp³-hybridized carbons (Fsp3) is 0. The Labute approximate surface area is 114 Å². The number of thioether (sulfide) groups is 1. The summed E-state index contributed by atoms with van der Waals surface area (Å²) in [6.45, 7) is 0. The predicted molar refractivity (Wildman–Crippen MR) is 69.9 cm³/mol. The third kappa shape index (κ3) is 2.65. The summed E-state index contributed by atoms with van der Waals surface area (Å²) in [4.78, 5) is 22.5. The van der Waals surface area contributed by atoms with Crippen LogP contribution in [0.3, 0.4) is 0 Å². The largest absolute Gasteiger partial charge is 0.506 e. The highest BCUT2D eigenvalue weighted by atomic mass is 79.9. The van der Waals surface area contributed by atoms with Crippen LogP contribution in [0.1, 0.15) is 5.56 Å². The van der Waals surface area contributed by atoms with Crippen LogP contribution in [0.4, 0.5) is 4.79 Å². The molecule has 1 aliphatic rings. The summed E-state index contributed by atoms with van der Waals surface area (Å²) in [5.41, 5.74) is 0.372. The van der Waals surface area contributed by atoms with Crippen molar-refractivity contribution in [2.45, 2.75) is 0 Å². The summed E-state index contributed by atoms with van der Waals surface area (Å²) < 4.78 is 0.423. The maximum Gasteiger partial charge on any atom is 0.290 e. The minimum Gasteiger partial charge on any atom is -0.506 e. The molecule has 2 N–H and O–H groups in total. The Morgan fingerprint density at radius 1 is 1.41 bits per heavy atom. The van der Waals surface area contributed by atoms with E-state index in [1.807, 2.05) is 0 Å². The van der Waals surface area contributed by atoms with Crippen molar-refractivity contribution in [2.24, 2.45) is 0 Å². The van der Waals surface area contributed by atoms with Gasteiger partial charge in [0.2, 0.25) is 0 Å². The zero-order chi connectivity index (χ0) is 12.6. The van der Waals surface area contributed by atoms with Gasteiger partial charge in [-0.25, -0.2) is 0 Å². The predicted octanol–water partition coefficient (Wildman–Crippen LogP) is 3.13. The topological polar surface area (TPSA) is 66.4 Å². The second-order valence-corrected chi connectivity index (χ2v) is 5.48. The van der Waals surface area contributed by atoms with Crippen molar-refractivity contribution in [1.82, 2.24) is 5.32 Å². The van der Waals surface area contributed by atoms with Crippen molar-refractivity contribution >= 4 is 56.5 Å². The molecule has 1 aromatic rings. The Bertz CT molecular complexity index is 559. The van der Waals surface area contributed by atoms with Crippen molar-refractivity contribution in [1.29, 1.82) is 0 Å². The van der Waals surface area contributed by atoms with E-state index in [4.69, 9.17) is 11.6 Å². The van der Waals surface area contributed by atoms with Gasteiger partial charge in [0, 0.05) is 10.6 Å². The highest BCUT2D eigenvalue weighted by molar-refractivity contribution is 9.10. The molecule has 1 fully saturated rings. The summed E-state index contributed by atoms with van der Waals surface area (Å²) in [7, 11) is 0. The zero-order valence-corrected chi connectivity index (χ0v) is 11.3. The van der Waals surface area contributed by atoms with E-state index in [9.17, 15) is 14.7 Å². The number of rotatable bonds is 1. The summed E-state index contributed by atoms with van der Waals surface area (Å²) in [5, 5.41) is 11.9. The van der Waals surface area contributed by atoms with Gasteiger partial charge >= 0.3 is 0 Å². The Balaban J connectivity index is 2.46. The molecule has 4 nitrogen and oxygen atoms in total. The van der Waals surface area contributed by atoms with Crippen molar-refractivity contribution in [2.75, 3.05) is 0 Å². The molecule has 7 heteroatoms. The third-order valence-corrected chi connectivity index (χ3v) is 3.62. The molecule has 0 aromatic heterocycles. The number of phenolic OH excluding ortho intramolecular Hbond substituents is 1. The van der Waals surface area contributed by atoms with Gasteiger partial charge in [-0.3, -0.25) is 14.9 Å². The van der Waals surface area contributed by atoms with Crippen LogP contribution in [-0.4, -0.2) is 16.3 Å². The second-order valence-electron chi connectivity index (χ2n) is 3.18. The summed E-state index contributed by atoms with van der Waals surface area (Å²) >= 11 is 9.74. The van der Waals surface area contributed by atoms with Gasteiger partial charge in [0.15, 0.2) is 0 Å². The summed E-state index contributed by atoms with van der Waals surface area (Å²) in [6, 6.07) is 3.04. The lowest BCUT2D eigenvalue weighted by molar-refractivity contribution is -0.115. The number of imide groups is 1. The molecule has 1 aliphatic heterocycles. The monoisotopic (exact) mass is 333 g/mol. The number of hydrogen-bond acceptors (Lipinski definition) is 4. The van der Waals surface area contributed by atoms with Crippen LogP contribution in [-0.2, 0) is 4.79 Å². The van der Waals surface area contributed by atoms with Crippen molar-refractivity contribution in [3.05, 3.63) is 32.1 Å². The molecule has 2 amide bonds. The Morgan fingerprint density at radius 3 is 2.71 bits per heavy atom. The lowest BCUT2D eigenvalue weighted by atomic mass is 10.2. The molecular formula is C10H5BrClNO3S. The number of aromatic hydroxyl groups is 1. The van der Waals surface area contributed by atoms with E-state index in [1.54, 1.807) is 0 Å². The van der Waals surface area contributed by atoms with Crippen LogP contribution in [0.15, 0.2) is 21.5 Å². The van der Waals surface area contributed by atoms with Gasteiger partial charge in [0.1, 0.15) is 5.75 Å². The van der Waals surface area contributed by atoms with E-state index in [0.29, 0.717) is 15.1 Å². The SMILES string of the molecule is O=C1NC(=O)/C(=C/c2cc(Cl)cc(Br)c2O)S1. The second kappa shape index (κ2) is 4.72. The fourth-order valence-electron chi connectivity index (χ4n) is 1.26. The minimum atomic E-state index is -0.476. The normalized spacial score (nSPS) is 17.6. The van der Waals surface area contributed by atoms with Crippen LogP contribution in [0.5, 0.6) is 5.75 Å². The molecular weight excluding hydrogens is 330 g/mol. The van der Waals surface area contributed by atoms with E-state index in [-0.39, 0.29) is 10.7 Å². The Kier molecular flexibility index (Phi) is 3.46. The van der Waals surface area contributed by atoms with Gasteiger partial charge < -0.3 is 5.11 Å². The van der Waals surface area contributed by atoms with Crippen molar-refractivity contribution in [3.8, 4) is 5.75 Å². The standard InChI is InChI=1S/C10H5BrClNO3S/c11-6-3-5(12)1-4(8(6)14)2-7-9(15)13-10(16)17-7/h1-3,14H,(H,13,15,16)/b7-2-.